The molecule has 1 aromatic heterocycles. The fourth-order valence-corrected chi connectivity index (χ4v) is 3.58. The molecular formula is C24H27BrN2O3. The molecule has 158 valence electrons. The molecule has 0 atom stereocenters. The van der Waals surface area contributed by atoms with Gasteiger partial charge < -0.3 is 19.5 Å². The number of pyridine rings is 1. The number of nitrogens with zero attached hydrogens (tertiary/aromatic N) is 1. The van der Waals surface area contributed by atoms with Gasteiger partial charge in [-0.05, 0) is 59.1 Å². The van der Waals surface area contributed by atoms with Crippen molar-refractivity contribution in [2.75, 3.05) is 19.8 Å². The van der Waals surface area contributed by atoms with Crippen molar-refractivity contribution in [3.8, 4) is 17.4 Å². The van der Waals surface area contributed by atoms with Crippen molar-refractivity contribution in [1.29, 1.82) is 0 Å². The molecule has 0 aliphatic carbocycles. The summed E-state index contributed by atoms with van der Waals surface area (Å²) in [6.07, 6.45) is 1.72. The summed E-state index contributed by atoms with van der Waals surface area (Å²) in [4.78, 5) is 4.15. The van der Waals surface area contributed by atoms with Crippen molar-refractivity contribution >= 4 is 15.9 Å². The highest BCUT2D eigenvalue weighted by molar-refractivity contribution is 9.10. The van der Waals surface area contributed by atoms with Crippen LogP contribution in [0.25, 0.3) is 0 Å². The fraction of sp³-hybridized carbons (Fsp3) is 0.292. The van der Waals surface area contributed by atoms with Crippen molar-refractivity contribution in [3.05, 3.63) is 82.0 Å². The van der Waals surface area contributed by atoms with Gasteiger partial charge in [-0.1, -0.05) is 35.9 Å². The number of aromatic nitrogens is 1. The van der Waals surface area contributed by atoms with Gasteiger partial charge in [0.05, 0.1) is 11.1 Å². The van der Waals surface area contributed by atoms with Crippen LogP contribution in [0.4, 0.5) is 0 Å². The molecule has 5 nitrogen and oxygen atoms in total. The highest BCUT2D eigenvalue weighted by Gasteiger charge is 2.13. The molecule has 0 spiro atoms. The van der Waals surface area contributed by atoms with Gasteiger partial charge in [-0.25, -0.2) is 4.98 Å². The summed E-state index contributed by atoms with van der Waals surface area (Å²) >= 11 is 3.64. The van der Waals surface area contributed by atoms with Crippen molar-refractivity contribution in [3.63, 3.8) is 0 Å². The summed E-state index contributed by atoms with van der Waals surface area (Å²) in [6, 6.07) is 18.0. The molecule has 0 aliphatic rings. The van der Waals surface area contributed by atoms with E-state index >= 15 is 0 Å². The van der Waals surface area contributed by atoms with Gasteiger partial charge in [0, 0.05) is 25.4 Å². The van der Waals surface area contributed by atoms with Gasteiger partial charge in [-0.3, -0.25) is 0 Å². The smallest absolute Gasteiger partial charge is 0.213 e. The van der Waals surface area contributed by atoms with E-state index in [4.69, 9.17) is 14.2 Å². The van der Waals surface area contributed by atoms with Crippen molar-refractivity contribution in [2.24, 2.45) is 0 Å². The Balaban J connectivity index is 1.56. The third-order valence-electron chi connectivity index (χ3n) is 4.33. The van der Waals surface area contributed by atoms with Crippen LogP contribution in [0.3, 0.4) is 0 Å². The molecule has 0 saturated heterocycles. The van der Waals surface area contributed by atoms with Crippen LogP contribution in [0, 0.1) is 6.92 Å². The molecule has 0 fully saturated rings. The SMILES string of the molecule is CCOc1cc(CNCCOc2ccccn2)cc(Br)c1OCc1cccc(C)c1. The molecule has 0 saturated carbocycles. The molecule has 0 unspecified atom stereocenters. The molecule has 0 aliphatic heterocycles. The lowest BCUT2D eigenvalue weighted by molar-refractivity contribution is 0.267. The Bertz CT molecular complexity index is 935. The Morgan fingerprint density at radius 3 is 2.63 bits per heavy atom. The molecule has 3 aromatic rings. The van der Waals surface area contributed by atoms with E-state index in [0.717, 1.165) is 27.1 Å². The van der Waals surface area contributed by atoms with Gasteiger partial charge >= 0.3 is 0 Å². The predicted molar refractivity (Wildman–Crippen MR) is 122 cm³/mol. The first-order valence-electron chi connectivity index (χ1n) is 10.0. The number of rotatable bonds is 11. The predicted octanol–water partition coefficient (Wildman–Crippen LogP) is 5.30. The van der Waals surface area contributed by atoms with Gasteiger partial charge in [0.15, 0.2) is 11.5 Å². The van der Waals surface area contributed by atoms with E-state index in [9.17, 15) is 0 Å². The molecular weight excluding hydrogens is 444 g/mol. The standard InChI is InChI=1S/C24H27BrN2O3/c1-3-28-22-15-20(16-26-11-12-29-23-9-4-5-10-27-23)14-21(25)24(22)30-17-19-8-6-7-18(2)13-19/h4-10,13-15,26H,3,11-12,16-17H2,1-2H3. The normalized spacial score (nSPS) is 10.6. The Hall–Kier alpha value is -2.57. The molecule has 0 amide bonds. The molecule has 0 radical (unpaired) electrons. The fourth-order valence-electron chi connectivity index (χ4n) is 2.98. The second kappa shape index (κ2) is 11.6. The van der Waals surface area contributed by atoms with Gasteiger partial charge in [0.2, 0.25) is 5.88 Å². The van der Waals surface area contributed by atoms with Crippen LogP contribution < -0.4 is 19.5 Å². The van der Waals surface area contributed by atoms with Gasteiger partial charge in [0.25, 0.3) is 0 Å². The molecule has 1 N–H and O–H groups in total. The Morgan fingerprint density at radius 2 is 1.87 bits per heavy atom. The molecule has 0 bridgehead atoms. The summed E-state index contributed by atoms with van der Waals surface area (Å²) in [5, 5.41) is 3.38. The number of nitrogens with one attached hydrogen (secondary N) is 1. The second-order valence-corrected chi connectivity index (χ2v) is 7.66. The zero-order valence-corrected chi connectivity index (χ0v) is 18.9. The first kappa shape index (κ1) is 22.1. The zero-order valence-electron chi connectivity index (χ0n) is 17.4. The maximum absolute atomic E-state index is 6.09. The van der Waals surface area contributed by atoms with E-state index in [1.165, 1.54) is 5.56 Å². The lowest BCUT2D eigenvalue weighted by atomic mass is 10.1. The molecule has 1 heterocycles. The van der Waals surface area contributed by atoms with E-state index in [1.54, 1.807) is 6.20 Å². The van der Waals surface area contributed by atoms with Crippen LogP contribution in [-0.4, -0.2) is 24.7 Å². The van der Waals surface area contributed by atoms with E-state index in [2.05, 4.69) is 57.4 Å². The van der Waals surface area contributed by atoms with Gasteiger partial charge in [-0.15, -0.1) is 0 Å². The zero-order chi connectivity index (χ0) is 21.2. The lowest BCUT2D eigenvalue weighted by Crippen LogP contribution is -2.20. The number of hydrogen-bond donors (Lipinski definition) is 1. The number of hydrogen-bond acceptors (Lipinski definition) is 5. The minimum atomic E-state index is 0.489. The highest BCUT2D eigenvalue weighted by atomic mass is 79.9. The number of halogens is 1. The van der Waals surface area contributed by atoms with Crippen LogP contribution in [0.1, 0.15) is 23.6 Å². The summed E-state index contributed by atoms with van der Waals surface area (Å²) in [7, 11) is 0. The summed E-state index contributed by atoms with van der Waals surface area (Å²) in [6.45, 7) is 7.07. The van der Waals surface area contributed by atoms with Crippen molar-refractivity contribution in [2.45, 2.75) is 27.0 Å². The number of ether oxygens (including phenoxy) is 3. The lowest BCUT2D eigenvalue weighted by Gasteiger charge is -2.16. The quantitative estimate of drug-likeness (QED) is 0.385. The van der Waals surface area contributed by atoms with Crippen molar-refractivity contribution in [1.82, 2.24) is 10.3 Å². The molecule has 6 heteroatoms. The monoisotopic (exact) mass is 470 g/mol. The average molecular weight is 471 g/mol. The van der Waals surface area contributed by atoms with Crippen LogP contribution in [0.2, 0.25) is 0 Å². The van der Waals surface area contributed by atoms with Gasteiger partial charge in [-0.2, -0.15) is 0 Å². The van der Waals surface area contributed by atoms with Crippen molar-refractivity contribution < 1.29 is 14.2 Å². The van der Waals surface area contributed by atoms with Crippen LogP contribution in [0.5, 0.6) is 17.4 Å². The topological polar surface area (TPSA) is 52.6 Å². The van der Waals surface area contributed by atoms with E-state index in [0.29, 0.717) is 38.8 Å². The Morgan fingerprint density at radius 1 is 0.967 bits per heavy atom. The Labute approximate surface area is 186 Å². The largest absolute Gasteiger partial charge is 0.490 e. The van der Waals surface area contributed by atoms with Crippen LogP contribution in [0.15, 0.2) is 65.3 Å². The second-order valence-electron chi connectivity index (χ2n) is 6.81. The highest BCUT2D eigenvalue weighted by Crippen LogP contribution is 2.37. The van der Waals surface area contributed by atoms with Crippen LogP contribution >= 0.6 is 15.9 Å². The van der Waals surface area contributed by atoms with E-state index in [-0.39, 0.29) is 0 Å². The molecule has 2 aromatic carbocycles. The molecule has 3 rings (SSSR count). The van der Waals surface area contributed by atoms with E-state index < -0.39 is 0 Å². The number of aryl methyl sites for hydroxylation is 1. The maximum Gasteiger partial charge on any atom is 0.213 e. The number of benzene rings is 2. The van der Waals surface area contributed by atoms with Gasteiger partial charge in [0.1, 0.15) is 13.2 Å². The summed E-state index contributed by atoms with van der Waals surface area (Å²) in [5.74, 6) is 2.09. The molecule has 30 heavy (non-hydrogen) atoms. The minimum absolute atomic E-state index is 0.489. The Kier molecular flexibility index (Phi) is 8.53. The maximum atomic E-state index is 6.09. The third-order valence-corrected chi connectivity index (χ3v) is 4.92. The van der Waals surface area contributed by atoms with E-state index in [1.807, 2.05) is 37.3 Å². The average Bonchev–Trinajstić information content (AvgIpc) is 2.74. The minimum Gasteiger partial charge on any atom is -0.490 e. The third kappa shape index (κ3) is 6.75. The summed E-state index contributed by atoms with van der Waals surface area (Å²) < 4.78 is 18.4. The first-order valence-corrected chi connectivity index (χ1v) is 10.8. The first-order chi connectivity index (χ1) is 14.7. The van der Waals surface area contributed by atoms with Crippen LogP contribution in [-0.2, 0) is 13.2 Å². The summed E-state index contributed by atoms with van der Waals surface area (Å²) in [5.41, 5.74) is 3.45.